The number of hydrogen-bond donors (Lipinski definition) is 1. The van der Waals surface area contributed by atoms with E-state index in [0.29, 0.717) is 19.6 Å². The maximum Gasteiger partial charge on any atom is 0.334 e. The van der Waals surface area contributed by atoms with Crippen molar-refractivity contribution in [2.24, 2.45) is 0 Å². The van der Waals surface area contributed by atoms with Crippen LogP contribution < -0.4 is 0 Å². The third-order valence-electron chi connectivity index (χ3n) is 3.72. The summed E-state index contributed by atoms with van der Waals surface area (Å²) in [7, 11) is 0. The molecule has 2 heterocycles. The summed E-state index contributed by atoms with van der Waals surface area (Å²) in [5.41, 5.74) is 2.31. The van der Waals surface area contributed by atoms with Crippen molar-refractivity contribution in [3.8, 4) is 0 Å². The molecule has 1 atom stereocenters. The molecule has 1 unspecified atom stereocenters. The van der Waals surface area contributed by atoms with Crippen molar-refractivity contribution in [1.29, 1.82) is 0 Å². The van der Waals surface area contributed by atoms with Gasteiger partial charge in [0.2, 0.25) is 0 Å². The number of ether oxygens (including phenoxy) is 1. The van der Waals surface area contributed by atoms with Crippen LogP contribution in [0.3, 0.4) is 0 Å². The third kappa shape index (κ3) is 2.34. The lowest BCUT2D eigenvalue weighted by molar-refractivity contribution is -0.154. The number of carboxylic acids is 1. The average molecular weight is 276 g/mol. The van der Waals surface area contributed by atoms with E-state index in [1.165, 1.54) is 0 Å². The second kappa shape index (κ2) is 5.13. The first-order valence-electron chi connectivity index (χ1n) is 6.60. The Labute approximate surface area is 116 Å². The largest absolute Gasteiger partial charge is 0.479 e. The van der Waals surface area contributed by atoms with Gasteiger partial charge in [-0.25, -0.2) is 9.59 Å². The SMILES string of the molecule is O=C(O)C1CN(C(=O)N2Cc3ccccc3C2)CCO1. The number of amides is 2. The van der Waals surface area contributed by atoms with Crippen molar-refractivity contribution in [3.63, 3.8) is 0 Å². The predicted octanol–water partition coefficient (Wildman–Crippen LogP) is 0.908. The molecule has 6 nitrogen and oxygen atoms in total. The summed E-state index contributed by atoms with van der Waals surface area (Å²) in [5, 5.41) is 8.97. The molecule has 1 fully saturated rings. The fraction of sp³-hybridized carbons (Fsp3) is 0.429. The Morgan fingerprint density at radius 3 is 2.40 bits per heavy atom. The zero-order valence-corrected chi connectivity index (χ0v) is 11.0. The monoisotopic (exact) mass is 276 g/mol. The molecule has 1 aromatic carbocycles. The van der Waals surface area contributed by atoms with E-state index in [4.69, 9.17) is 9.84 Å². The Hall–Kier alpha value is -2.08. The van der Waals surface area contributed by atoms with E-state index >= 15 is 0 Å². The van der Waals surface area contributed by atoms with Crippen LogP contribution >= 0.6 is 0 Å². The number of aliphatic carboxylic acids is 1. The third-order valence-corrected chi connectivity index (χ3v) is 3.72. The maximum atomic E-state index is 12.4. The van der Waals surface area contributed by atoms with Crippen LogP contribution in [0, 0.1) is 0 Å². The Morgan fingerprint density at radius 2 is 1.80 bits per heavy atom. The first-order valence-corrected chi connectivity index (χ1v) is 6.60. The van der Waals surface area contributed by atoms with E-state index in [1.54, 1.807) is 9.80 Å². The first kappa shape index (κ1) is 12.9. The van der Waals surface area contributed by atoms with Gasteiger partial charge in [0.25, 0.3) is 0 Å². The molecule has 3 rings (SSSR count). The molecule has 1 N–H and O–H groups in total. The molecule has 0 radical (unpaired) electrons. The van der Waals surface area contributed by atoms with Crippen LogP contribution in [0.4, 0.5) is 4.79 Å². The second-order valence-electron chi connectivity index (χ2n) is 5.05. The number of morpholine rings is 1. The van der Waals surface area contributed by atoms with E-state index in [-0.39, 0.29) is 19.2 Å². The number of hydrogen-bond acceptors (Lipinski definition) is 3. The van der Waals surface area contributed by atoms with Gasteiger partial charge in [0.05, 0.1) is 13.2 Å². The summed E-state index contributed by atoms with van der Waals surface area (Å²) in [6.07, 6.45) is -0.919. The van der Waals surface area contributed by atoms with E-state index in [2.05, 4.69) is 0 Å². The van der Waals surface area contributed by atoms with Crippen molar-refractivity contribution in [3.05, 3.63) is 35.4 Å². The van der Waals surface area contributed by atoms with Crippen molar-refractivity contribution in [1.82, 2.24) is 9.80 Å². The molecule has 2 amide bonds. The van der Waals surface area contributed by atoms with E-state index in [1.807, 2.05) is 24.3 Å². The van der Waals surface area contributed by atoms with Crippen LogP contribution in [0.2, 0.25) is 0 Å². The normalized spacial score (nSPS) is 21.7. The molecule has 2 aliphatic heterocycles. The van der Waals surface area contributed by atoms with Gasteiger partial charge in [-0.2, -0.15) is 0 Å². The molecule has 20 heavy (non-hydrogen) atoms. The highest BCUT2D eigenvalue weighted by Crippen LogP contribution is 2.23. The molecule has 0 aromatic heterocycles. The first-order chi connectivity index (χ1) is 9.65. The number of nitrogens with zero attached hydrogens (tertiary/aromatic N) is 2. The number of benzene rings is 1. The molecule has 1 aromatic rings. The van der Waals surface area contributed by atoms with Gasteiger partial charge in [-0.1, -0.05) is 24.3 Å². The fourth-order valence-electron chi connectivity index (χ4n) is 2.64. The number of carbonyl (C=O) groups is 2. The Kier molecular flexibility index (Phi) is 3.31. The molecular formula is C14H16N2O4. The summed E-state index contributed by atoms with van der Waals surface area (Å²) in [6, 6.07) is 7.84. The highest BCUT2D eigenvalue weighted by molar-refractivity contribution is 5.78. The maximum absolute atomic E-state index is 12.4. The van der Waals surface area contributed by atoms with Gasteiger partial charge < -0.3 is 19.6 Å². The molecule has 6 heteroatoms. The van der Waals surface area contributed by atoms with Crippen LogP contribution in [0.1, 0.15) is 11.1 Å². The highest BCUT2D eigenvalue weighted by Gasteiger charge is 2.33. The van der Waals surface area contributed by atoms with E-state index in [0.717, 1.165) is 11.1 Å². The summed E-state index contributed by atoms with van der Waals surface area (Å²) >= 11 is 0. The van der Waals surface area contributed by atoms with Gasteiger partial charge in [0, 0.05) is 19.6 Å². The lowest BCUT2D eigenvalue weighted by Crippen LogP contribution is -2.51. The van der Waals surface area contributed by atoms with Crippen LogP contribution in [0.5, 0.6) is 0 Å². The standard InChI is InChI=1S/C14H16N2O4/c17-13(18)12-9-15(5-6-20-12)14(19)16-7-10-3-1-2-4-11(10)8-16/h1-4,12H,5-9H2,(H,17,18). The highest BCUT2D eigenvalue weighted by atomic mass is 16.5. The number of urea groups is 1. The molecular weight excluding hydrogens is 260 g/mol. The Balaban J connectivity index is 1.67. The summed E-state index contributed by atoms with van der Waals surface area (Å²) in [5.74, 6) is -1.02. The smallest absolute Gasteiger partial charge is 0.334 e. The quantitative estimate of drug-likeness (QED) is 0.827. The van der Waals surface area contributed by atoms with Gasteiger partial charge in [-0.15, -0.1) is 0 Å². The van der Waals surface area contributed by atoms with Crippen LogP contribution in [0.25, 0.3) is 0 Å². The molecule has 0 bridgehead atoms. The molecule has 2 aliphatic rings. The van der Waals surface area contributed by atoms with Crippen molar-refractivity contribution in [2.75, 3.05) is 19.7 Å². The van der Waals surface area contributed by atoms with Crippen molar-refractivity contribution >= 4 is 12.0 Å². The van der Waals surface area contributed by atoms with Crippen LogP contribution in [-0.4, -0.2) is 52.7 Å². The van der Waals surface area contributed by atoms with Gasteiger partial charge >= 0.3 is 12.0 Å². The molecule has 106 valence electrons. The summed E-state index contributed by atoms with van der Waals surface area (Å²) in [6.45, 7) is 1.99. The molecule has 1 saturated heterocycles. The topological polar surface area (TPSA) is 70.1 Å². The second-order valence-corrected chi connectivity index (χ2v) is 5.05. The number of carboxylic acid groups (broad SMARTS) is 1. The fourth-order valence-corrected chi connectivity index (χ4v) is 2.64. The molecule has 0 saturated carbocycles. The minimum atomic E-state index is -1.02. The van der Waals surface area contributed by atoms with Gasteiger partial charge in [-0.05, 0) is 11.1 Å². The number of fused-ring (bicyclic) bond motifs is 1. The van der Waals surface area contributed by atoms with Gasteiger partial charge in [-0.3, -0.25) is 0 Å². The van der Waals surface area contributed by atoms with Crippen molar-refractivity contribution < 1.29 is 19.4 Å². The predicted molar refractivity (Wildman–Crippen MR) is 70.0 cm³/mol. The number of rotatable bonds is 1. The van der Waals surface area contributed by atoms with Crippen LogP contribution in [0.15, 0.2) is 24.3 Å². The summed E-state index contributed by atoms with van der Waals surface area (Å²) in [4.78, 5) is 26.7. The van der Waals surface area contributed by atoms with Crippen LogP contribution in [-0.2, 0) is 22.6 Å². The van der Waals surface area contributed by atoms with Crippen molar-refractivity contribution in [2.45, 2.75) is 19.2 Å². The van der Waals surface area contributed by atoms with Gasteiger partial charge in [0.1, 0.15) is 0 Å². The lowest BCUT2D eigenvalue weighted by Gasteiger charge is -2.33. The van der Waals surface area contributed by atoms with Gasteiger partial charge in [0.15, 0.2) is 6.10 Å². The lowest BCUT2D eigenvalue weighted by atomic mass is 10.1. The zero-order valence-electron chi connectivity index (χ0n) is 11.0. The van der Waals surface area contributed by atoms with E-state index in [9.17, 15) is 9.59 Å². The Morgan fingerprint density at radius 1 is 1.15 bits per heavy atom. The molecule has 0 aliphatic carbocycles. The minimum Gasteiger partial charge on any atom is -0.479 e. The number of carbonyl (C=O) groups excluding carboxylic acids is 1. The average Bonchev–Trinajstić information content (AvgIpc) is 2.90. The zero-order chi connectivity index (χ0) is 14.1. The molecule has 0 spiro atoms. The minimum absolute atomic E-state index is 0.112. The summed E-state index contributed by atoms with van der Waals surface area (Å²) < 4.78 is 5.13. The van der Waals surface area contributed by atoms with E-state index < -0.39 is 12.1 Å². The Bertz CT molecular complexity index is 521.